The molecule has 3 atom stereocenters. The van der Waals surface area contributed by atoms with Crippen molar-refractivity contribution >= 4 is 0 Å². The molecule has 1 aromatic carbocycles. The van der Waals surface area contributed by atoms with Gasteiger partial charge in [-0.15, -0.1) is 0 Å². The predicted octanol–water partition coefficient (Wildman–Crippen LogP) is 2.56. The molecule has 0 amide bonds. The summed E-state index contributed by atoms with van der Waals surface area (Å²) in [5.41, 5.74) is 1.00. The molecule has 5 nitrogen and oxygen atoms in total. The van der Waals surface area contributed by atoms with Crippen LogP contribution in [0.2, 0.25) is 0 Å². The topological polar surface area (TPSA) is 51.2 Å². The summed E-state index contributed by atoms with van der Waals surface area (Å²) >= 11 is 0. The van der Waals surface area contributed by atoms with Crippen molar-refractivity contribution in [2.75, 3.05) is 40.5 Å². The summed E-state index contributed by atoms with van der Waals surface area (Å²) in [7, 11) is 3.24. The zero-order valence-corrected chi connectivity index (χ0v) is 15.3. The molecule has 0 unspecified atom stereocenters. The van der Waals surface area contributed by atoms with Gasteiger partial charge in [0.25, 0.3) is 0 Å². The number of benzene rings is 1. The third kappa shape index (κ3) is 5.65. The van der Waals surface area contributed by atoms with E-state index in [4.69, 9.17) is 14.2 Å². The van der Waals surface area contributed by atoms with Crippen molar-refractivity contribution in [3.8, 4) is 11.5 Å². The smallest absolute Gasteiger partial charge is 0.161 e. The van der Waals surface area contributed by atoms with E-state index in [1.165, 1.54) is 6.42 Å². The van der Waals surface area contributed by atoms with Crippen LogP contribution in [0.15, 0.2) is 18.2 Å². The van der Waals surface area contributed by atoms with Crippen LogP contribution in [0.3, 0.4) is 0 Å². The van der Waals surface area contributed by atoms with Crippen molar-refractivity contribution in [1.29, 1.82) is 0 Å². The molecule has 0 saturated carbocycles. The average Bonchev–Trinajstić information content (AvgIpc) is 2.53. The predicted molar refractivity (Wildman–Crippen MR) is 94.6 cm³/mol. The summed E-state index contributed by atoms with van der Waals surface area (Å²) in [4.78, 5) is 2.35. The maximum absolute atomic E-state index is 10.2. The molecule has 136 valence electrons. The number of aliphatic hydroxyl groups is 1. The molecule has 1 N–H and O–H groups in total. The molecule has 0 spiro atoms. The van der Waals surface area contributed by atoms with Crippen LogP contribution >= 0.6 is 0 Å². The molecule has 1 heterocycles. The minimum atomic E-state index is -0.456. The minimum Gasteiger partial charge on any atom is -0.493 e. The van der Waals surface area contributed by atoms with Gasteiger partial charge in [-0.05, 0) is 36.0 Å². The molecule has 1 fully saturated rings. The lowest BCUT2D eigenvalue weighted by Crippen LogP contribution is -2.43. The van der Waals surface area contributed by atoms with Gasteiger partial charge in [0, 0.05) is 19.6 Å². The molecule has 5 heteroatoms. The number of likely N-dealkylation sites (tertiary alicyclic amines) is 1. The summed E-state index contributed by atoms with van der Waals surface area (Å²) < 4.78 is 16.2. The number of aliphatic hydroxyl groups excluding tert-OH is 1. The van der Waals surface area contributed by atoms with Crippen LogP contribution < -0.4 is 9.47 Å². The first-order valence-electron chi connectivity index (χ1n) is 8.70. The number of methoxy groups -OCH3 is 2. The van der Waals surface area contributed by atoms with Gasteiger partial charge in [0.2, 0.25) is 0 Å². The fourth-order valence-corrected chi connectivity index (χ4v) is 3.58. The van der Waals surface area contributed by atoms with E-state index >= 15 is 0 Å². The highest BCUT2D eigenvalue weighted by molar-refractivity contribution is 5.42. The Morgan fingerprint density at radius 3 is 2.42 bits per heavy atom. The van der Waals surface area contributed by atoms with Gasteiger partial charge in [0.15, 0.2) is 11.5 Å². The van der Waals surface area contributed by atoms with Gasteiger partial charge in [-0.1, -0.05) is 19.9 Å². The molecule has 0 aliphatic carbocycles. The first-order chi connectivity index (χ1) is 11.5. The molecule has 1 aliphatic rings. The van der Waals surface area contributed by atoms with E-state index in [1.807, 2.05) is 18.2 Å². The summed E-state index contributed by atoms with van der Waals surface area (Å²) in [5, 5.41) is 10.2. The van der Waals surface area contributed by atoms with E-state index in [0.29, 0.717) is 43.1 Å². The van der Waals surface area contributed by atoms with Gasteiger partial charge in [-0.3, -0.25) is 0 Å². The second-order valence-electron chi connectivity index (χ2n) is 7.02. The molecule has 0 bridgehead atoms. The fourth-order valence-electron chi connectivity index (χ4n) is 3.58. The van der Waals surface area contributed by atoms with Gasteiger partial charge in [-0.2, -0.15) is 0 Å². The Morgan fingerprint density at radius 1 is 1.12 bits per heavy atom. The van der Waals surface area contributed by atoms with E-state index in [9.17, 15) is 5.11 Å². The Morgan fingerprint density at radius 2 is 1.79 bits per heavy atom. The zero-order chi connectivity index (χ0) is 17.5. The van der Waals surface area contributed by atoms with Gasteiger partial charge in [0.1, 0.15) is 0 Å². The van der Waals surface area contributed by atoms with E-state index in [2.05, 4.69) is 18.7 Å². The Hall–Kier alpha value is -1.30. The van der Waals surface area contributed by atoms with Crippen LogP contribution in [-0.2, 0) is 11.3 Å². The molecule has 1 aliphatic heterocycles. The van der Waals surface area contributed by atoms with Gasteiger partial charge in [-0.25, -0.2) is 0 Å². The highest BCUT2D eigenvalue weighted by atomic mass is 16.5. The SMILES string of the molecule is COc1ccc(COC[C@H](O)CN2C[C@H](C)C[C@@H](C)C2)cc1OC. The molecule has 2 rings (SSSR count). The Balaban J connectivity index is 1.75. The van der Waals surface area contributed by atoms with Crippen molar-refractivity contribution in [3.05, 3.63) is 23.8 Å². The maximum atomic E-state index is 10.2. The highest BCUT2D eigenvalue weighted by Crippen LogP contribution is 2.27. The monoisotopic (exact) mass is 337 g/mol. The lowest BCUT2D eigenvalue weighted by atomic mass is 9.92. The number of piperidine rings is 1. The highest BCUT2D eigenvalue weighted by Gasteiger charge is 2.23. The summed E-state index contributed by atoms with van der Waals surface area (Å²) in [5.74, 6) is 2.80. The molecule has 1 saturated heterocycles. The summed E-state index contributed by atoms with van der Waals surface area (Å²) in [6, 6.07) is 5.71. The van der Waals surface area contributed by atoms with Crippen molar-refractivity contribution < 1.29 is 19.3 Å². The Labute approximate surface area is 145 Å². The van der Waals surface area contributed by atoms with Crippen LogP contribution in [0.4, 0.5) is 0 Å². The minimum absolute atomic E-state index is 0.341. The normalized spacial score (nSPS) is 23.0. The van der Waals surface area contributed by atoms with E-state index in [-0.39, 0.29) is 0 Å². The second kappa shape index (κ2) is 9.25. The van der Waals surface area contributed by atoms with Crippen LogP contribution in [0.1, 0.15) is 25.8 Å². The number of rotatable bonds is 8. The summed E-state index contributed by atoms with van der Waals surface area (Å²) in [6.07, 6.45) is 0.824. The average molecular weight is 337 g/mol. The molecule has 0 aromatic heterocycles. The Kier molecular flexibility index (Phi) is 7.34. The molecular weight excluding hydrogens is 306 g/mol. The number of hydrogen-bond donors (Lipinski definition) is 1. The van der Waals surface area contributed by atoms with Crippen LogP contribution in [-0.4, -0.2) is 56.6 Å². The van der Waals surface area contributed by atoms with E-state index < -0.39 is 6.10 Å². The van der Waals surface area contributed by atoms with Crippen molar-refractivity contribution in [3.63, 3.8) is 0 Å². The lowest BCUT2D eigenvalue weighted by Gasteiger charge is -2.35. The van der Waals surface area contributed by atoms with Gasteiger partial charge < -0.3 is 24.2 Å². The van der Waals surface area contributed by atoms with Crippen molar-refractivity contribution in [2.24, 2.45) is 11.8 Å². The van der Waals surface area contributed by atoms with Crippen LogP contribution in [0.25, 0.3) is 0 Å². The number of hydrogen-bond acceptors (Lipinski definition) is 5. The standard InChI is InChI=1S/C19H31NO4/c1-14-7-15(2)10-20(9-14)11-17(21)13-24-12-16-5-6-18(22-3)19(8-16)23-4/h5-6,8,14-15,17,21H,7,9-13H2,1-4H3/t14-,15-,17-/m1/s1. The maximum Gasteiger partial charge on any atom is 0.161 e. The first kappa shape index (κ1) is 19.0. The number of β-amino-alcohol motifs (C(OH)–C–C–N with tert-alkyl or cyclic N) is 1. The number of ether oxygens (including phenoxy) is 3. The van der Waals surface area contributed by atoms with E-state index in [1.54, 1.807) is 14.2 Å². The largest absolute Gasteiger partial charge is 0.493 e. The molecule has 0 radical (unpaired) electrons. The number of nitrogens with zero attached hydrogens (tertiary/aromatic N) is 1. The third-order valence-corrected chi connectivity index (χ3v) is 4.44. The van der Waals surface area contributed by atoms with Gasteiger partial charge in [0.05, 0.1) is 33.5 Å². The lowest BCUT2D eigenvalue weighted by molar-refractivity contribution is -0.000930. The molecular formula is C19H31NO4. The van der Waals surface area contributed by atoms with E-state index in [0.717, 1.165) is 18.7 Å². The molecule has 1 aromatic rings. The van der Waals surface area contributed by atoms with Crippen LogP contribution in [0, 0.1) is 11.8 Å². The second-order valence-corrected chi connectivity index (χ2v) is 7.02. The third-order valence-electron chi connectivity index (χ3n) is 4.44. The van der Waals surface area contributed by atoms with Crippen LogP contribution in [0.5, 0.6) is 11.5 Å². The van der Waals surface area contributed by atoms with Crippen molar-refractivity contribution in [2.45, 2.75) is 33.0 Å². The Bertz CT molecular complexity index is 498. The summed E-state index contributed by atoms with van der Waals surface area (Å²) in [6.45, 7) is 8.16. The van der Waals surface area contributed by atoms with Gasteiger partial charge >= 0.3 is 0 Å². The zero-order valence-electron chi connectivity index (χ0n) is 15.3. The fraction of sp³-hybridized carbons (Fsp3) is 0.684. The quantitative estimate of drug-likeness (QED) is 0.790. The first-order valence-corrected chi connectivity index (χ1v) is 8.70. The molecule has 24 heavy (non-hydrogen) atoms. The van der Waals surface area contributed by atoms with Crippen molar-refractivity contribution in [1.82, 2.24) is 4.90 Å².